The van der Waals surface area contributed by atoms with Crippen molar-refractivity contribution in [2.24, 2.45) is 0 Å². The van der Waals surface area contributed by atoms with Crippen molar-refractivity contribution < 1.29 is 4.79 Å². The number of carbonyl (C=O) groups is 1. The molecule has 0 saturated carbocycles. The van der Waals surface area contributed by atoms with Gasteiger partial charge in [-0.2, -0.15) is 0 Å². The first-order valence-electron chi connectivity index (χ1n) is 6.22. The van der Waals surface area contributed by atoms with Crippen molar-refractivity contribution in [2.75, 3.05) is 19.6 Å². The fraction of sp³-hybridized carbons (Fsp3) is 0.769. The van der Waals surface area contributed by atoms with Crippen LogP contribution in [0, 0.1) is 12.3 Å². The molecule has 1 aliphatic rings. The Bertz CT molecular complexity index is 251. The predicted octanol–water partition coefficient (Wildman–Crippen LogP) is 1.39. The zero-order valence-corrected chi connectivity index (χ0v) is 10.2. The van der Waals surface area contributed by atoms with Gasteiger partial charge in [0.1, 0.15) is 0 Å². The molecule has 1 saturated heterocycles. The van der Waals surface area contributed by atoms with Crippen LogP contribution in [0.1, 0.15) is 39.0 Å². The van der Waals surface area contributed by atoms with E-state index in [4.69, 9.17) is 6.42 Å². The number of unbranched alkanes of at least 4 members (excludes halogenated alkanes) is 1. The molecule has 1 rings (SSSR count). The van der Waals surface area contributed by atoms with E-state index in [0.29, 0.717) is 6.04 Å². The number of nitrogens with zero attached hydrogens (tertiary/aromatic N) is 1. The first-order chi connectivity index (χ1) is 7.77. The van der Waals surface area contributed by atoms with Gasteiger partial charge in [-0.1, -0.05) is 19.3 Å². The van der Waals surface area contributed by atoms with Crippen molar-refractivity contribution in [2.45, 2.75) is 45.1 Å². The Labute approximate surface area is 98.6 Å². The number of hydrogen-bond donors (Lipinski definition) is 1. The van der Waals surface area contributed by atoms with Crippen LogP contribution < -0.4 is 5.32 Å². The van der Waals surface area contributed by atoms with Gasteiger partial charge in [0.2, 0.25) is 5.91 Å². The zero-order chi connectivity index (χ0) is 11.8. The maximum absolute atomic E-state index is 11.8. The third-order valence-electron chi connectivity index (χ3n) is 2.99. The van der Waals surface area contributed by atoms with Gasteiger partial charge < -0.3 is 10.2 Å². The summed E-state index contributed by atoms with van der Waals surface area (Å²) in [5, 5.41) is 3.41. The van der Waals surface area contributed by atoms with Crippen LogP contribution in [-0.4, -0.2) is 36.5 Å². The van der Waals surface area contributed by atoms with Crippen molar-refractivity contribution in [1.82, 2.24) is 10.2 Å². The zero-order valence-electron chi connectivity index (χ0n) is 10.2. The summed E-state index contributed by atoms with van der Waals surface area (Å²) in [6, 6.07) is 0.471. The Morgan fingerprint density at radius 3 is 3.00 bits per heavy atom. The molecule has 1 atom stereocenters. The standard InChI is InChI=1S/C13H22N2O/c1-3-5-10-15(13(16)7-4-2)11-12-8-6-9-14-12/h2,12,14H,3,5-11H2,1H3. The van der Waals surface area contributed by atoms with Gasteiger partial charge in [-0.05, 0) is 25.8 Å². The van der Waals surface area contributed by atoms with Gasteiger partial charge >= 0.3 is 0 Å². The summed E-state index contributed by atoms with van der Waals surface area (Å²) in [6.07, 6.45) is 9.98. The topological polar surface area (TPSA) is 32.3 Å². The minimum Gasteiger partial charge on any atom is -0.340 e. The Balaban J connectivity index is 2.42. The van der Waals surface area contributed by atoms with E-state index in [1.807, 2.05) is 4.90 Å². The van der Waals surface area contributed by atoms with Crippen LogP contribution in [-0.2, 0) is 4.79 Å². The van der Waals surface area contributed by atoms with Crippen LogP contribution in [0.25, 0.3) is 0 Å². The quantitative estimate of drug-likeness (QED) is 0.689. The highest BCUT2D eigenvalue weighted by Gasteiger charge is 2.20. The maximum Gasteiger partial charge on any atom is 0.234 e. The Morgan fingerprint density at radius 2 is 2.44 bits per heavy atom. The predicted molar refractivity (Wildman–Crippen MR) is 66.0 cm³/mol. The molecule has 0 spiro atoms. The lowest BCUT2D eigenvalue weighted by Gasteiger charge is -2.25. The van der Waals surface area contributed by atoms with Gasteiger partial charge in [-0.25, -0.2) is 0 Å². The highest BCUT2D eigenvalue weighted by molar-refractivity contribution is 5.78. The molecule has 3 nitrogen and oxygen atoms in total. The fourth-order valence-corrected chi connectivity index (χ4v) is 2.04. The molecule has 0 aliphatic carbocycles. The molecule has 1 N–H and O–H groups in total. The number of rotatable bonds is 6. The Kier molecular flexibility index (Phi) is 5.95. The van der Waals surface area contributed by atoms with Crippen LogP contribution in [0.4, 0.5) is 0 Å². The first kappa shape index (κ1) is 13.1. The number of nitrogens with one attached hydrogen (secondary N) is 1. The van der Waals surface area contributed by atoms with E-state index in [0.717, 1.165) is 32.5 Å². The maximum atomic E-state index is 11.8. The summed E-state index contributed by atoms with van der Waals surface area (Å²) < 4.78 is 0. The lowest BCUT2D eigenvalue weighted by Crippen LogP contribution is -2.41. The second-order valence-electron chi connectivity index (χ2n) is 4.37. The summed E-state index contributed by atoms with van der Waals surface area (Å²) in [7, 11) is 0. The van der Waals surface area contributed by atoms with E-state index in [9.17, 15) is 4.79 Å². The summed E-state index contributed by atoms with van der Waals surface area (Å²) in [6.45, 7) is 4.88. The van der Waals surface area contributed by atoms with Gasteiger partial charge in [0, 0.05) is 19.1 Å². The molecule has 3 heteroatoms. The SMILES string of the molecule is C#CCC(=O)N(CCCC)CC1CCCN1. The average molecular weight is 222 g/mol. The molecule has 0 radical (unpaired) electrons. The van der Waals surface area contributed by atoms with Crippen molar-refractivity contribution in [3.63, 3.8) is 0 Å². The first-order valence-corrected chi connectivity index (χ1v) is 6.22. The van der Waals surface area contributed by atoms with Crippen molar-refractivity contribution >= 4 is 5.91 Å². The Morgan fingerprint density at radius 1 is 1.62 bits per heavy atom. The molecule has 16 heavy (non-hydrogen) atoms. The van der Waals surface area contributed by atoms with E-state index < -0.39 is 0 Å². The third-order valence-corrected chi connectivity index (χ3v) is 2.99. The molecule has 0 aromatic rings. The summed E-state index contributed by atoms with van der Waals surface area (Å²) >= 11 is 0. The minimum absolute atomic E-state index is 0.102. The second-order valence-corrected chi connectivity index (χ2v) is 4.37. The van der Waals surface area contributed by atoms with Crippen LogP contribution in [0.5, 0.6) is 0 Å². The van der Waals surface area contributed by atoms with E-state index in [2.05, 4.69) is 18.2 Å². The van der Waals surface area contributed by atoms with Crippen LogP contribution in [0.15, 0.2) is 0 Å². The van der Waals surface area contributed by atoms with E-state index in [1.54, 1.807) is 0 Å². The van der Waals surface area contributed by atoms with E-state index in [1.165, 1.54) is 12.8 Å². The molecular formula is C13H22N2O. The molecule has 0 aromatic carbocycles. The lowest BCUT2D eigenvalue weighted by molar-refractivity contribution is -0.130. The summed E-state index contributed by atoms with van der Waals surface area (Å²) in [4.78, 5) is 13.7. The highest BCUT2D eigenvalue weighted by atomic mass is 16.2. The van der Waals surface area contributed by atoms with E-state index in [-0.39, 0.29) is 12.3 Å². The smallest absolute Gasteiger partial charge is 0.234 e. The molecule has 1 heterocycles. The number of hydrogen-bond acceptors (Lipinski definition) is 2. The minimum atomic E-state index is 0.102. The van der Waals surface area contributed by atoms with Crippen LogP contribution in [0.3, 0.4) is 0 Å². The van der Waals surface area contributed by atoms with Crippen molar-refractivity contribution in [1.29, 1.82) is 0 Å². The molecule has 0 bridgehead atoms. The third kappa shape index (κ3) is 4.24. The molecular weight excluding hydrogens is 200 g/mol. The normalized spacial score (nSPS) is 19.4. The van der Waals surface area contributed by atoms with Gasteiger partial charge in [0.05, 0.1) is 6.42 Å². The van der Waals surface area contributed by atoms with Crippen molar-refractivity contribution in [3.8, 4) is 12.3 Å². The van der Waals surface area contributed by atoms with Crippen molar-refractivity contribution in [3.05, 3.63) is 0 Å². The molecule has 90 valence electrons. The number of terminal acetylenes is 1. The van der Waals surface area contributed by atoms with Gasteiger partial charge in [-0.3, -0.25) is 4.79 Å². The Hall–Kier alpha value is -1.01. The lowest BCUT2D eigenvalue weighted by atomic mass is 10.2. The highest BCUT2D eigenvalue weighted by Crippen LogP contribution is 2.08. The summed E-state index contributed by atoms with van der Waals surface area (Å²) in [5.74, 6) is 2.54. The monoisotopic (exact) mass is 222 g/mol. The molecule has 0 aromatic heterocycles. The summed E-state index contributed by atoms with van der Waals surface area (Å²) in [5.41, 5.74) is 0. The van der Waals surface area contributed by atoms with Gasteiger partial charge in [-0.15, -0.1) is 6.42 Å². The largest absolute Gasteiger partial charge is 0.340 e. The van der Waals surface area contributed by atoms with Crippen LogP contribution in [0.2, 0.25) is 0 Å². The van der Waals surface area contributed by atoms with Gasteiger partial charge in [0.25, 0.3) is 0 Å². The van der Waals surface area contributed by atoms with Gasteiger partial charge in [0.15, 0.2) is 0 Å². The number of amides is 1. The molecule has 1 aliphatic heterocycles. The number of carbonyl (C=O) groups excluding carboxylic acids is 1. The molecule has 1 unspecified atom stereocenters. The molecule has 1 amide bonds. The second kappa shape index (κ2) is 7.29. The van der Waals surface area contributed by atoms with E-state index >= 15 is 0 Å². The molecule has 1 fully saturated rings. The van der Waals surface area contributed by atoms with Crippen LogP contribution >= 0.6 is 0 Å². The fourth-order valence-electron chi connectivity index (χ4n) is 2.04. The average Bonchev–Trinajstić information content (AvgIpc) is 2.77.